The smallest absolute Gasteiger partial charge is 0.348 e. The maximum atomic E-state index is 11.5. The maximum absolute atomic E-state index is 11.5. The Balaban J connectivity index is 1.82. The first-order valence-electron chi connectivity index (χ1n) is 7.66. The number of likely N-dealkylation sites (tertiary alicyclic amines) is 1. The van der Waals surface area contributed by atoms with E-state index in [-0.39, 0.29) is 0 Å². The topological polar surface area (TPSA) is 53.4 Å². The minimum Gasteiger partial charge on any atom is -0.477 e. The minimum atomic E-state index is -0.888. The largest absolute Gasteiger partial charge is 0.477 e. The number of carboxylic acids is 1. The van der Waals surface area contributed by atoms with Crippen LogP contribution in [0.15, 0.2) is 24.3 Å². The Kier molecular flexibility index (Phi) is 4.55. The lowest BCUT2D eigenvalue weighted by molar-refractivity contribution is 0.0702. The number of nitrogens with zero attached hydrogens (tertiary/aromatic N) is 2. The zero-order valence-corrected chi connectivity index (χ0v) is 13.5. The Hall–Kier alpha value is -1.72. The first kappa shape index (κ1) is 15.2. The van der Waals surface area contributed by atoms with Crippen LogP contribution in [-0.2, 0) is 6.42 Å². The molecule has 0 spiro atoms. The van der Waals surface area contributed by atoms with E-state index in [0.717, 1.165) is 42.2 Å². The normalized spacial score (nSPS) is 15.3. The molecule has 5 heteroatoms. The molecule has 0 bridgehead atoms. The van der Waals surface area contributed by atoms with E-state index < -0.39 is 5.97 Å². The van der Waals surface area contributed by atoms with Gasteiger partial charge < -0.3 is 10.0 Å². The van der Waals surface area contributed by atoms with Gasteiger partial charge in [-0.25, -0.2) is 9.78 Å². The molecule has 2 heterocycles. The number of benzene rings is 1. The lowest BCUT2D eigenvalue weighted by atomic mass is 10.1. The van der Waals surface area contributed by atoms with Gasteiger partial charge in [-0.05, 0) is 32.9 Å². The van der Waals surface area contributed by atoms with E-state index in [0.29, 0.717) is 10.6 Å². The van der Waals surface area contributed by atoms with Crippen molar-refractivity contribution in [3.05, 3.63) is 39.7 Å². The van der Waals surface area contributed by atoms with Crippen molar-refractivity contribution in [1.82, 2.24) is 9.88 Å². The number of aryl methyl sites for hydroxylation is 1. The van der Waals surface area contributed by atoms with Crippen LogP contribution in [0.5, 0.6) is 0 Å². The fraction of sp³-hybridized carbons (Fsp3) is 0.412. The Morgan fingerprint density at radius 3 is 2.59 bits per heavy atom. The summed E-state index contributed by atoms with van der Waals surface area (Å²) >= 11 is 1.31. The van der Waals surface area contributed by atoms with E-state index in [1.807, 2.05) is 31.2 Å². The Morgan fingerprint density at radius 1 is 1.27 bits per heavy atom. The predicted octanol–water partition coefficient (Wildman–Crippen LogP) is 3.46. The van der Waals surface area contributed by atoms with Crippen LogP contribution in [0.3, 0.4) is 0 Å². The molecule has 1 aromatic carbocycles. The van der Waals surface area contributed by atoms with E-state index in [1.54, 1.807) is 0 Å². The molecule has 0 saturated carbocycles. The van der Waals surface area contributed by atoms with Crippen LogP contribution in [0.4, 0.5) is 0 Å². The molecule has 1 N–H and O–H groups in total. The number of carbonyl (C=O) groups is 1. The molecule has 0 atom stereocenters. The van der Waals surface area contributed by atoms with Gasteiger partial charge in [0.1, 0.15) is 4.88 Å². The van der Waals surface area contributed by atoms with Crippen molar-refractivity contribution in [2.75, 3.05) is 19.6 Å². The van der Waals surface area contributed by atoms with E-state index in [2.05, 4.69) is 9.88 Å². The van der Waals surface area contributed by atoms with Crippen molar-refractivity contribution in [2.45, 2.75) is 26.2 Å². The second-order valence-corrected chi connectivity index (χ2v) is 6.84. The molecule has 1 aliphatic heterocycles. The fourth-order valence-corrected chi connectivity index (χ4v) is 3.70. The minimum absolute atomic E-state index is 0.347. The van der Waals surface area contributed by atoms with Crippen molar-refractivity contribution in [1.29, 1.82) is 0 Å². The molecule has 3 rings (SSSR count). The number of hydrogen-bond donors (Lipinski definition) is 1. The fourth-order valence-electron chi connectivity index (χ4n) is 2.78. The summed E-state index contributed by atoms with van der Waals surface area (Å²) in [5, 5.41) is 10.4. The van der Waals surface area contributed by atoms with Crippen molar-refractivity contribution in [3.8, 4) is 11.3 Å². The van der Waals surface area contributed by atoms with Gasteiger partial charge in [0.2, 0.25) is 0 Å². The first-order valence-corrected chi connectivity index (χ1v) is 8.47. The molecular formula is C17H20N2O2S. The number of thiazole rings is 1. The zero-order valence-electron chi connectivity index (χ0n) is 12.7. The van der Waals surface area contributed by atoms with E-state index in [9.17, 15) is 9.90 Å². The molecule has 0 radical (unpaired) electrons. The second kappa shape index (κ2) is 6.58. The van der Waals surface area contributed by atoms with Crippen LogP contribution < -0.4 is 0 Å². The molecule has 0 unspecified atom stereocenters. The molecule has 1 saturated heterocycles. The molecule has 4 nitrogen and oxygen atoms in total. The van der Waals surface area contributed by atoms with Gasteiger partial charge in [0.15, 0.2) is 0 Å². The van der Waals surface area contributed by atoms with Gasteiger partial charge in [0.05, 0.1) is 10.7 Å². The van der Waals surface area contributed by atoms with Crippen LogP contribution >= 0.6 is 11.3 Å². The van der Waals surface area contributed by atoms with Crippen LogP contribution in [0.25, 0.3) is 11.3 Å². The van der Waals surface area contributed by atoms with Crippen LogP contribution in [0.1, 0.15) is 33.1 Å². The van der Waals surface area contributed by atoms with Crippen molar-refractivity contribution < 1.29 is 9.90 Å². The summed E-state index contributed by atoms with van der Waals surface area (Å²) in [7, 11) is 0. The summed E-state index contributed by atoms with van der Waals surface area (Å²) in [5.41, 5.74) is 2.64. The van der Waals surface area contributed by atoms with Gasteiger partial charge in [-0.1, -0.05) is 29.8 Å². The van der Waals surface area contributed by atoms with Gasteiger partial charge in [-0.3, -0.25) is 0 Å². The Labute approximate surface area is 134 Å². The number of rotatable bonds is 5. The van der Waals surface area contributed by atoms with Crippen molar-refractivity contribution in [2.24, 2.45) is 0 Å². The molecule has 22 heavy (non-hydrogen) atoms. The van der Waals surface area contributed by atoms with Crippen LogP contribution in [0.2, 0.25) is 0 Å². The van der Waals surface area contributed by atoms with Gasteiger partial charge >= 0.3 is 5.97 Å². The number of aromatic nitrogens is 1. The predicted molar refractivity (Wildman–Crippen MR) is 88.6 cm³/mol. The summed E-state index contributed by atoms with van der Waals surface area (Å²) in [4.78, 5) is 18.9. The molecule has 2 aromatic rings. The maximum Gasteiger partial charge on any atom is 0.348 e. The van der Waals surface area contributed by atoms with Crippen LogP contribution in [0, 0.1) is 6.92 Å². The molecule has 0 amide bonds. The third kappa shape index (κ3) is 3.36. The molecule has 0 aliphatic carbocycles. The van der Waals surface area contributed by atoms with E-state index in [1.165, 1.54) is 24.2 Å². The molecule has 1 aromatic heterocycles. The average Bonchev–Trinajstić information content (AvgIpc) is 3.15. The lowest BCUT2D eigenvalue weighted by Crippen LogP contribution is -2.21. The molecular weight excluding hydrogens is 296 g/mol. The number of aromatic carboxylic acids is 1. The highest BCUT2D eigenvalue weighted by molar-refractivity contribution is 7.14. The Bertz CT molecular complexity index is 658. The summed E-state index contributed by atoms with van der Waals surface area (Å²) in [6, 6.07) is 7.87. The van der Waals surface area contributed by atoms with Gasteiger partial charge in [0.25, 0.3) is 0 Å². The van der Waals surface area contributed by atoms with Crippen molar-refractivity contribution in [3.63, 3.8) is 0 Å². The number of carboxylic acid groups (broad SMARTS) is 1. The average molecular weight is 316 g/mol. The summed E-state index contributed by atoms with van der Waals surface area (Å²) in [5.74, 6) is -0.888. The summed E-state index contributed by atoms with van der Waals surface area (Å²) < 4.78 is 0. The van der Waals surface area contributed by atoms with Gasteiger partial charge in [-0.2, -0.15) is 0 Å². The second-order valence-electron chi connectivity index (χ2n) is 5.76. The van der Waals surface area contributed by atoms with E-state index >= 15 is 0 Å². The molecule has 1 fully saturated rings. The molecule has 1 aliphatic rings. The standard InChI is InChI=1S/C17H20N2O2S/c1-12-4-6-13(7-5-12)15-16(17(20)21)22-14(18-15)8-11-19-9-2-3-10-19/h4-7H,2-3,8-11H2,1H3,(H,20,21). The third-order valence-electron chi connectivity index (χ3n) is 4.03. The van der Waals surface area contributed by atoms with Gasteiger partial charge in [-0.15, -0.1) is 11.3 Å². The quantitative estimate of drug-likeness (QED) is 0.918. The zero-order chi connectivity index (χ0) is 15.5. The summed E-state index contributed by atoms with van der Waals surface area (Å²) in [6.45, 7) is 5.30. The van der Waals surface area contributed by atoms with E-state index in [4.69, 9.17) is 0 Å². The first-order chi connectivity index (χ1) is 10.6. The highest BCUT2D eigenvalue weighted by Crippen LogP contribution is 2.29. The number of hydrogen-bond acceptors (Lipinski definition) is 4. The molecule has 116 valence electrons. The third-order valence-corrected chi connectivity index (χ3v) is 5.13. The lowest BCUT2D eigenvalue weighted by Gasteiger charge is -2.12. The van der Waals surface area contributed by atoms with Crippen LogP contribution in [-0.4, -0.2) is 40.6 Å². The monoisotopic (exact) mass is 316 g/mol. The highest BCUT2D eigenvalue weighted by Gasteiger charge is 2.19. The summed E-state index contributed by atoms with van der Waals surface area (Å²) in [6.07, 6.45) is 3.37. The Morgan fingerprint density at radius 2 is 1.95 bits per heavy atom. The highest BCUT2D eigenvalue weighted by atomic mass is 32.1. The van der Waals surface area contributed by atoms with Crippen molar-refractivity contribution >= 4 is 17.3 Å². The van der Waals surface area contributed by atoms with Gasteiger partial charge in [0, 0.05) is 18.5 Å². The SMILES string of the molecule is Cc1ccc(-c2nc(CCN3CCCC3)sc2C(=O)O)cc1.